The van der Waals surface area contributed by atoms with Crippen LogP contribution in [0.2, 0.25) is 0 Å². The molecular weight excluding hydrogens is 346 g/mol. The lowest BCUT2D eigenvalue weighted by Gasteiger charge is -2.36. The average molecular weight is 373 g/mol. The second-order valence-corrected chi connectivity index (χ2v) is 7.11. The van der Waals surface area contributed by atoms with Crippen LogP contribution in [0.25, 0.3) is 0 Å². The summed E-state index contributed by atoms with van der Waals surface area (Å²) in [5.41, 5.74) is 1.45. The van der Waals surface area contributed by atoms with Gasteiger partial charge in [0.25, 0.3) is 5.91 Å². The second-order valence-electron chi connectivity index (χ2n) is 7.11. The summed E-state index contributed by atoms with van der Waals surface area (Å²) in [4.78, 5) is 41.0. The molecule has 1 unspecified atom stereocenters. The number of carbonyl (C=O) groups is 3. The molecular formula is C20H27N3O4. The standard InChI is InChI=1S/C20H27N3O4/c1-15-5-2-3-7-17(15)19(25)21-13-18(24)23-8-4-6-16(14-23)20(26)22-9-11-27-12-10-22/h2-3,5,7,16H,4,6,8-14H2,1H3,(H,21,25). The van der Waals surface area contributed by atoms with Gasteiger partial charge in [0, 0.05) is 31.7 Å². The first-order chi connectivity index (χ1) is 13.1. The molecule has 0 aromatic heterocycles. The zero-order chi connectivity index (χ0) is 19.2. The van der Waals surface area contributed by atoms with Gasteiger partial charge in [0.2, 0.25) is 11.8 Å². The number of morpholine rings is 1. The molecule has 2 heterocycles. The van der Waals surface area contributed by atoms with Crippen LogP contribution < -0.4 is 5.32 Å². The number of hydrogen-bond acceptors (Lipinski definition) is 4. The Kier molecular flexibility index (Phi) is 6.45. The van der Waals surface area contributed by atoms with Gasteiger partial charge in [-0.1, -0.05) is 18.2 Å². The Morgan fingerprint density at radius 1 is 1.11 bits per heavy atom. The molecule has 2 aliphatic rings. The van der Waals surface area contributed by atoms with E-state index >= 15 is 0 Å². The molecule has 7 nitrogen and oxygen atoms in total. The number of nitrogens with one attached hydrogen (secondary N) is 1. The minimum absolute atomic E-state index is 0.0500. The minimum atomic E-state index is -0.251. The number of aryl methyl sites for hydroxylation is 1. The molecule has 2 aliphatic heterocycles. The molecule has 0 spiro atoms. The topological polar surface area (TPSA) is 79.0 Å². The number of likely N-dealkylation sites (tertiary alicyclic amines) is 1. The fourth-order valence-electron chi connectivity index (χ4n) is 3.64. The van der Waals surface area contributed by atoms with E-state index in [0.717, 1.165) is 18.4 Å². The van der Waals surface area contributed by atoms with E-state index < -0.39 is 0 Å². The predicted octanol–water partition coefficient (Wildman–Crippen LogP) is 0.822. The molecule has 0 bridgehead atoms. The Bertz CT molecular complexity index is 700. The summed E-state index contributed by atoms with van der Waals surface area (Å²) in [5.74, 6) is -0.441. The van der Waals surface area contributed by atoms with Gasteiger partial charge in [-0.3, -0.25) is 14.4 Å². The van der Waals surface area contributed by atoms with Crippen LogP contribution in [-0.2, 0) is 14.3 Å². The van der Waals surface area contributed by atoms with Crippen LogP contribution in [0.4, 0.5) is 0 Å². The lowest BCUT2D eigenvalue weighted by molar-refractivity contribution is -0.143. The Morgan fingerprint density at radius 2 is 1.85 bits per heavy atom. The molecule has 146 valence electrons. The molecule has 1 N–H and O–H groups in total. The first-order valence-electron chi connectivity index (χ1n) is 9.54. The number of ether oxygens (including phenoxy) is 1. The molecule has 1 aromatic rings. The highest BCUT2D eigenvalue weighted by molar-refractivity contribution is 5.97. The molecule has 1 aromatic carbocycles. The van der Waals surface area contributed by atoms with Gasteiger partial charge in [0.15, 0.2) is 0 Å². The van der Waals surface area contributed by atoms with Crippen molar-refractivity contribution in [1.82, 2.24) is 15.1 Å². The fraction of sp³-hybridized carbons (Fsp3) is 0.550. The monoisotopic (exact) mass is 373 g/mol. The zero-order valence-corrected chi connectivity index (χ0v) is 15.8. The Hall–Kier alpha value is -2.41. The third-order valence-corrected chi connectivity index (χ3v) is 5.24. The van der Waals surface area contributed by atoms with Crippen molar-refractivity contribution < 1.29 is 19.1 Å². The molecule has 2 saturated heterocycles. The summed E-state index contributed by atoms with van der Waals surface area (Å²) < 4.78 is 5.30. The summed E-state index contributed by atoms with van der Waals surface area (Å²) in [5, 5.41) is 2.70. The second kappa shape index (κ2) is 8.99. The number of amides is 3. The summed E-state index contributed by atoms with van der Waals surface area (Å²) in [6.45, 7) is 5.26. The molecule has 0 saturated carbocycles. The maximum atomic E-state index is 12.7. The number of piperidine rings is 1. The van der Waals surface area contributed by atoms with Gasteiger partial charge in [-0.25, -0.2) is 0 Å². The maximum Gasteiger partial charge on any atom is 0.251 e. The molecule has 0 aliphatic carbocycles. The molecule has 3 rings (SSSR count). The summed E-state index contributed by atoms with van der Waals surface area (Å²) in [6, 6.07) is 7.28. The van der Waals surface area contributed by atoms with Crippen molar-refractivity contribution in [2.45, 2.75) is 19.8 Å². The van der Waals surface area contributed by atoms with Crippen molar-refractivity contribution in [3.8, 4) is 0 Å². The van der Waals surface area contributed by atoms with Gasteiger partial charge in [-0.15, -0.1) is 0 Å². The van der Waals surface area contributed by atoms with Gasteiger partial charge in [0.05, 0.1) is 25.7 Å². The average Bonchev–Trinajstić information content (AvgIpc) is 2.72. The van der Waals surface area contributed by atoms with Crippen molar-refractivity contribution in [3.63, 3.8) is 0 Å². The van der Waals surface area contributed by atoms with Gasteiger partial charge >= 0.3 is 0 Å². The SMILES string of the molecule is Cc1ccccc1C(=O)NCC(=O)N1CCCC(C(=O)N2CCOCC2)C1. The summed E-state index contributed by atoms with van der Waals surface area (Å²) in [6.07, 6.45) is 1.60. The van der Waals surface area contributed by atoms with Crippen molar-refractivity contribution in [1.29, 1.82) is 0 Å². The molecule has 3 amide bonds. The first-order valence-corrected chi connectivity index (χ1v) is 9.54. The van der Waals surface area contributed by atoms with E-state index in [2.05, 4.69) is 5.32 Å². The van der Waals surface area contributed by atoms with E-state index in [-0.39, 0.29) is 30.2 Å². The van der Waals surface area contributed by atoms with Crippen LogP contribution in [0.1, 0.15) is 28.8 Å². The highest BCUT2D eigenvalue weighted by Crippen LogP contribution is 2.19. The third-order valence-electron chi connectivity index (χ3n) is 5.24. The lowest BCUT2D eigenvalue weighted by atomic mass is 9.96. The highest BCUT2D eigenvalue weighted by Gasteiger charge is 2.31. The van der Waals surface area contributed by atoms with Crippen molar-refractivity contribution in [2.24, 2.45) is 5.92 Å². The van der Waals surface area contributed by atoms with E-state index in [1.54, 1.807) is 17.0 Å². The molecule has 0 radical (unpaired) electrons. The molecule has 2 fully saturated rings. The fourth-order valence-corrected chi connectivity index (χ4v) is 3.64. The van der Waals surface area contributed by atoms with Crippen LogP contribution in [0.5, 0.6) is 0 Å². The van der Waals surface area contributed by atoms with Crippen LogP contribution in [0.3, 0.4) is 0 Å². The lowest BCUT2D eigenvalue weighted by Crippen LogP contribution is -2.51. The van der Waals surface area contributed by atoms with Gasteiger partial charge in [-0.2, -0.15) is 0 Å². The summed E-state index contributed by atoms with van der Waals surface area (Å²) >= 11 is 0. The minimum Gasteiger partial charge on any atom is -0.378 e. The number of rotatable bonds is 4. The Morgan fingerprint density at radius 3 is 2.59 bits per heavy atom. The normalized spacial score (nSPS) is 20.3. The van der Waals surface area contributed by atoms with E-state index in [4.69, 9.17) is 4.74 Å². The van der Waals surface area contributed by atoms with Crippen LogP contribution in [-0.4, -0.2) is 73.5 Å². The van der Waals surface area contributed by atoms with Crippen molar-refractivity contribution >= 4 is 17.7 Å². The van der Waals surface area contributed by atoms with Gasteiger partial charge < -0.3 is 19.9 Å². The zero-order valence-electron chi connectivity index (χ0n) is 15.8. The predicted molar refractivity (Wildman–Crippen MR) is 100 cm³/mol. The smallest absolute Gasteiger partial charge is 0.251 e. The maximum absolute atomic E-state index is 12.7. The summed E-state index contributed by atoms with van der Waals surface area (Å²) in [7, 11) is 0. The molecule has 27 heavy (non-hydrogen) atoms. The Balaban J connectivity index is 1.51. The van der Waals surface area contributed by atoms with E-state index in [1.165, 1.54) is 0 Å². The number of hydrogen-bond donors (Lipinski definition) is 1. The Labute approximate surface area is 159 Å². The molecule has 1 atom stereocenters. The third kappa shape index (κ3) is 4.86. The van der Waals surface area contributed by atoms with E-state index in [0.29, 0.717) is 45.0 Å². The van der Waals surface area contributed by atoms with E-state index in [9.17, 15) is 14.4 Å². The first kappa shape index (κ1) is 19.4. The number of nitrogens with zero attached hydrogens (tertiary/aromatic N) is 2. The van der Waals surface area contributed by atoms with Crippen LogP contribution >= 0.6 is 0 Å². The molecule has 7 heteroatoms. The number of benzene rings is 1. The van der Waals surface area contributed by atoms with Crippen molar-refractivity contribution in [3.05, 3.63) is 35.4 Å². The largest absolute Gasteiger partial charge is 0.378 e. The van der Waals surface area contributed by atoms with Crippen molar-refractivity contribution in [2.75, 3.05) is 45.9 Å². The van der Waals surface area contributed by atoms with Gasteiger partial charge in [-0.05, 0) is 31.4 Å². The van der Waals surface area contributed by atoms with E-state index in [1.807, 2.05) is 24.0 Å². The quantitative estimate of drug-likeness (QED) is 0.848. The van der Waals surface area contributed by atoms with Crippen LogP contribution in [0, 0.1) is 12.8 Å². The highest BCUT2D eigenvalue weighted by atomic mass is 16.5. The number of carbonyl (C=O) groups excluding carboxylic acids is 3. The van der Waals surface area contributed by atoms with Gasteiger partial charge in [0.1, 0.15) is 0 Å². The van der Waals surface area contributed by atoms with Crippen LogP contribution in [0.15, 0.2) is 24.3 Å².